The molecule has 0 bridgehead atoms. The van der Waals surface area contributed by atoms with Crippen molar-refractivity contribution in [1.82, 2.24) is 8.87 Å². The standard InChI is InChI=1S/C23H26FN3O5S/c1-14-8-15(2)12-26(11-14)33(30,31)18-5-7-20-21(10-18)32-23(29)27(20)13-22(28)25-19-6-4-17(24)9-16(19)3/h4-7,9-10,14-15H,8,11-13H2,1-3H3,(H,25,28)/t14-,15+. The topological polar surface area (TPSA) is 102 Å². The lowest BCUT2D eigenvalue weighted by Gasteiger charge is -2.34. The zero-order valence-corrected chi connectivity index (χ0v) is 19.5. The first-order chi connectivity index (χ1) is 15.5. The maximum absolute atomic E-state index is 13.3. The van der Waals surface area contributed by atoms with Crippen LogP contribution in [0.5, 0.6) is 0 Å². The number of piperidine rings is 1. The summed E-state index contributed by atoms with van der Waals surface area (Å²) in [6, 6.07) is 8.19. The Hall–Kier alpha value is -2.98. The van der Waals surface area contributed by atoms with Crippen molar-refractivity contribution in [2.75, 3.05) is 18.4 Å². The minimum Gasteiger partial charge on any atom is -0.408 e. The highest BCUT2D eigenvalue weighted by Crippen LogP contribution is 2.28. The molecule has 0 radical (unpaired) electrons. The molecule has 1 fully saturated rings. The number of hydrogen-bond donors (Lipinski definition) is 1. The summed E-state index contributed by atoms with van der Waals surface area (Å²) < 4.78 is 47.4. The molecule has 33 heavy (non-hydrogen) atoms. The third kappa shape index (κ3) is 4.72. The smallest absolute Gasteiger partial charge is 0.408 e. The van der Waals surface area contributed by atoms with Gasteiger partial charge in [-0.15, -0.1) is 0 Å². The average Bonchev–Trinajstić information content (AvgIpc) is 3.03. The van der Waals surface area contributed by atoms with Gasteiger partial charge >= 0.3 is 5.76 Å². The van der Waals surface area contributed by atoms with Crippen LogP contribution in [0.25, 0.3) is 11.1 Å². The Morgan fingerprint density at radius 2 is 1.85 bits per heavy atom. The second-order valence-corrected chi connectivity index (χ2v) is 10.8. The lowest BCUT2D eigenvalue weighted by molar-refractivity contribution is -0.116. The van der Waals surface area contributed by atoms with Crippen molar-refractivity contribution in [3.05, 3.63) is 58.3 Å². The van der Waals surface area contributed by atoms with Gasteiger partial charge in [0.05, 0.1) is 10.4 Å². The quantitative estimate of drug-likeness (QED) is 0.610. The summed E-state index contributed by atoms with van der Waals surface area (Å²) in [5.74, 6) is -1.17. The molecule has 1 aliphatic heterocycles. The van der Waals surface area contributed by atoms with Crippen LogP contribution in [-0.2, 0) is 21.4 Å². The van der Waals surface area contributed by atoms with Crippen LogP contribution in [0.15, 0.2) is 50.5 Å². The number of fused-ring (bicyclic) bond motifs is 1. The fourth-order valence-corrected chi connectivity index (χ4v) is 6.10. The summed E-state index contributed by atoms with van der Waals surface area (Å²) in [7, 11) is -3.74. The van der Waals surface area contributed by atoms with Gasteiger partial charge in [-0.25, -0.2) is 17.6 Å². The van der Waals surface area contributed by atoms with Crippen LogP contribution in [0.4, 0.5) is 10.1 Å². The molecule has 0 saturated carbocycles. The first kappa shape index (κ1) is 23.2. The van der Waals surface area contributed by atoms with Crippen molar-refractivity contribution in [3.63, 3.8) is 0 Å². The Bertz CT molecular complexity index is 1370. The highest BCUT2D eigenvalue weighted by atomic mass is 32.2. The van der Waals surface area contributed by atoms with E-state index in [0.717, 1.165) is 11.0 Å². The monoisotopic (exact) mass is 475 g/mol. The number of anilines is 1. The Balaban J connectivity index is 1.59. The number of amides is 1. The normalized spacial score (nSPS) is 19.6. The molecule has 4 rings (SSSR count). The summed E-state index contributed by atoms with van der Waals surface area (Å²) in [4.78, 5) is 24.9. The third-order valence-corrected chi connectivity index (χ3v) is 7.70. The van der Waals surface area contributed by atoms with Crippen LogP contribution >= 0.6 is 0 Å². The second kappa shape index (κ2) is 8.75. The number of sulfonamides is 1. The predicted molar refractivity (Wildman–Crippen MR) is 122 cm³/mol. The van der Waals surface area contributed by atoms with E-state index in [-0.39, 0.29) is 28.9 Å². The fraction of sp³-hybridized carbons (Fsp3) is 0.391. The van der Waals surface area contributed by atoms with Gasteiger partial charge in [-0.3, -0.25) is 9.36 Å². The number of aryl methyl sites for hydroxylation is 1. The van der Waals surface area contributed by atoms with Crippen LogP contribution in [-0.4, -0.2) is 36.3 Å². The first-order valence-electron chi connectivity index (χ1n) is 10.7. The zero-order chi connectivity index (χ0) is 23.9. The first-order valence-corrected chi connectivity index (χ1v) is 12.2. The Labute approximate surface area is 191 Å². The molecule has 2 aromatic carbocycles. The van der Waals surface area contributed by atoms with Gasteiger partial charge in [-0.05, 0) is 61.1 Å². The van der Waals surface area contributed by atoms with Crippen LogP contribution in [0.2, 0.25) is 0 Å². The summed E-state index contributed by atoms with van der Waals surface area (Å²) >= 11 is 0. The molecule has 1 N–H and O–H groups in total. The van der Waals surface area contributed by atoms with Gasteiger partial charge in [0, 0.05) is 24.8 Å². The summed E-state index contributed by atoms with van der Waals surface area (Å²) in [5.41, 5.74) is 1.37. The van der Waals surface area contributed by atoms with Crippen LogP contribution in [0.3, 0.4) is 0 Å². The van der Waals surface area contributed by atoms with Gasteiger partial charge in [0.25, 0.3) is 0 Å². The SMILES string of the molecule is Cc1cc(F)ccc1NC(=O)Cn1c(=O)oc2cc(S(=O)(=O)N3C[C@H](C)C[C@H](C)C3)ccc21. The van der Waals surface area contributed by atoms with Crippen LogP contribution in [0, 0.1) is 24.6 Å². The van der Waals surface area contributed by atoms with E-state index in [1.54, 1.807) is 6.92 Å². The molecule has 2 heterocycles. The van der Waals surface area contributed by atoms with E-state index in [4.69, 9.17) is 4.42 Å². The maximum Gasteiger partial charge on any atom is 0.420 e. The van der Waals surface area contributed by atoms with E-state index in [1.807, 2.05) is 13.8 Å². The van der Waals surface area contributed by atoms with E-state index in [2.05, 4.69) is 5.32 Å². The van der Waals surface area contributed by atoms with Crippen molar-refractivity contribution in [2.45, 2.75) is 38.6 Å². The molecule has 176 valence electrons. The number of carbonyl (C=O) groups excluding carboxylic acids is 1. The van der Waals surface area contributed by atoms with Gasteiger partial charge in [0.15, 0.2) is 5.58 Å². The number of hydrogen-bond acceptors (Lipinski definition) is 5. The summed E-state index contributed by atoms with van der Waals surface area (Å²) in [5, 5.41) is 2.64. The molecule has 1 aliphatic rings. The molecule has 1 amide bonds. The van der Waals surface area contributed by atoms with Gasteiger partial charge in [-0.1, -0.05) is 13.8 Å². The largest absolute Gasteiger partial charge is 0.420 e. The van der Waals surface area contributed by atoms with Gasteiger partial charge < -0.3 is 9.73 Å². The predicted octanol–water partition coefficient (Wildman–Crippen LogP) is 3.35. The molecule has 0 aliphatic carbocycles. The number of benzene rings is 2. The lowest BCUT2D eigenvalue weighted by Crippen LogP contribution is -2.42. The lowest BCUT2D eigenvalue weighted by atomic mass is 9.94. The van der Waals surface area contributed by atoms with Crippen LogP contribution in [0.1, 0.15) is 25.8 Å². The molecule has 0 unspecified atom stereocenters. The van der Waals surface area contributed by atoms with E-state index in [1.165, 1.54) is 40.7 Å². The summed E-state index contributed by atoms with van der Waals surface area (Å²) in [6.07, 6.45) is 0.974. The Morgan fingerprint density at radius 1 is 1.15 bits per heavy atom. The minimum atomic E-state index is -3.74. The maximum atomic E-state index is 13.3. The molecule has 10 heteroatoms. The minimum absolute atomic E-state index is 0.0450. The van der Waals surface area contributed by atoms with E-state index in [9.17, 15) is 22.4 Å². The van der Waals surface area contributed by atoms with E-state index < -0.39 is 27.5 Å². The number of nitrogens with one attached hydrogen (secondary N) is 1. The van der Waals surface area contributed by atoms with Crippen molar-refractivity contribution in [3.8, 4) is 0 Å². The van der Waals surface area contributed by atoms with Crippen LogP contribution < -0.4 is 11.1 Å². The number of nitrogens with zero attached hydrogens (tertiary/aromatic N) is 2. The van der Waals surface area contributed by atoms with Gasteiger partial charge in [-0.2, -0.15) is 4.31 Å². The summed E-state index contributed by atoms with van der Waals surface area (Å²) in [6.45, 7) is 6.26. The number of halogens is 1. The van der Waals surface area contributed by atoms with Crippen molar-refractivity contribution in [1.29, 1.82) is 0 Å². The van der Waals surface area contributed by atoms with Crippen molar-refractivity contribution >= 4 is 32.7 Å². The molecule has 2 atom stereocenters. The zero-order valence-electron chi connectivity index (χ0n) is 18.7. The highest BCUT2D eigenvalue weighted by Gasteiger charge is 2.32. The van der Waals surface area contributed by atoms with Crippen molar-refractivity contribution < 1.29 is 22.0 Å². The molecule has 1 saturated heterocycles. The van der Waals surface area contributed by atoms with Crippen molar-refractivity contribution in [2.24, 2.45) is 11.8 Å². The number of carbonyl (C=O) groups is 1. The second-order valence-electron chi connectivity index (χ2n) is 8.86. The number of rotatable bonds is 5. The third-order valence-electron chi connectivity index (χ3n) is 5.88. The van der Waals surface area contributed by atoms with Gasteiger partial charge in [0.2, 0.25) is 15.9 Å². The van der Waals surface area contributed by atoms with Gasteiger partial charge in [0.1, 0.15) is 12.4 Å². The fourth-order valence-electron chi connectivity index (χ4n) is 4.41. The molecule has 1 aromatic heterocycles. The number of oxazole rings is 1. The Morgan fingerprint density at radius 3 is 2.52 bits per heavy atom. The molecule has 3 aromatic rings. The van der Waals surface area contributed by atoms with E-state index in [0.29, 0.717) is 29.9 Å². The van der Waals surface area contributed by atoms with E-state index >= 15 is 0 Å². The molecular formula is C23H26FN3O5S. The molecule has 0 spiro atoms. The number of aromatic nitrogens is 1. The average molecular weight is 476 g/mol. The Kier molecular flexibility index (Phi) is 6.15. The highest BCUT2D eigenvalue weighted by molar-refractivity contribution is 7.89. The molecule has 8 nitrogen and oxygen atoms in total. The molecular weight excluding hydrogens is 449 g/mol.